The highest BCUT2D eigenvalue weighted by molar-refractivity contribution is 5.90. The molecular weight excluding hydrogens is 236 g/mol. The van der Waals surface area contributed by atoms with Crippen molar-refractivity contribution < 1.29 is 9.90 Å². The van der Waals surface area contributed by atoms with E-state index in [1.807, 2.05) is 32.0 Å². The molecule has 1 aliphatic rings. The van der Waals surface area contributed by atoms with E-state index in [9.17, 15) is 9.90 Å². The molecule has 1 aliphatic carbocycles. The summed E-state index contributed by atoms with van der Waals surface area (Å²) >= 11 is 0. The Morgan fingerprint density at radius 3 is 2.26 bits per heavy atom. The van der Waals surface area contributed by atoms with Crippen molar-refractivity contribution in [1.82, 2.24) is 0 Å². The molecule has 0 saturated heterocycles. The van der Waals surface area contributed by atoms with Crippen LogP contribution in [0.4, 0.5) is 0 Å². The summed E-state index contributed by atoms with van der Waals surface area (Å²) < 4.78 is 0. The van der Waals surface area contributed by atoms with Gasteiger partial charge in [0.05, 0.1) is 5.41 Å². The van der Waals surface area contributed by atoms with Gasteiger partial charge in [0.15, 0.2) is 0 Å². The summed E-state index contributed by atoms with van der Waals surface area (Å²) in [7, 11) is 0. The van der Waals surface area contributed by atoms with Crippen LogP contribution in [0.2, 0.25) is 0 Å². The van der Waals surface area contributed by atoms with Crippen molar-refractivity contribution in [3.8, 4) is 0 Å². The second-order valence-electron chi connectivity index (χ2n) is 6.34. The molecule has 2 nitrogen and oxygen atoms in total. The summed E-state index contributed by atoms with van der Waals surface area (Å²) in [5.74, 6) is -0.705. The van der Waals surface area contributed by atoms with Gasteiger partial charge >= 0.3 is 5.97 Å². The monoisotopic (exact) mass is 254 g/mol. The van der Waals surface area contributed by atoms with Gasteiger partial charge in [0.1, 0.15) is 0 Å². The fraction of sp³-hybridized carbons (Fsp3) is 0.353. The zero-order valence-electron chi connectivity index (χ0n) is 11.5. The number of hydrogen-bond acceptors (Lipinski definition) is 1. The first-order chi connectivity index (χ1) is 8.87. The summed E-state index contributed by atoms with van der Waals surface area (Å²) in [5.41, 5.74) is 1.30. The van der Waals surface area contributed by atoms with E-state index in [1.54, 1.807) is 0 Å². The number of aryl methyl sites for hydroxylation is 1. The SMILES string of the molecule is Cc1ccc2cc(C3(C(=O)O)CC3(C)C)ccc2c1. The van der Waals surface area contributed by atoms with Gasteiger partial charge in [0.2, 0.25) is 0 Å². The van der Waals surface area contributed by atoms with E-state index >= 15 is 0 Å². The van der Waals surface area contributed by atoms with Gasteiger partial charge < -0.3 is 5.11 Å². The zero-order chi connectivity index (χ0) is 13.8. The predicted octanol–water partition coefficient (Wildman–Crippen LogP) is 3.90. The molecule has 2 aromatic rings. The standard InChI is InChI=1S/C17H18O2/c1-11-4-5-13-9-14(7-6-12(13)8-11)17(15(18)19)10-16(17,2)3/h4-9H,10H2,1-3H3,(H,18,19). The van der Waals surface area contributed by atoms with Crippen LogP contribution in [0.5, 0.6) is 0 Å². The number of aliphatic carboxylic acids is 1. The van der Waals surface area contributed by atoms with Crippen LogP contribution in [0.15, 0.2) is 36.4 Å². The highest BCUT2D eigenvalue weighted by atomic mass is 16.4. The van der Waals surface area contributed by atoms with Crippen LogP contribution >= 0.6 is 0 Å². The zero-order valence-corrected chi connectivity index (χ0v) is 11.5. The molecule has 0 heterocycles. The molecule has 0 radical (unpaired) electrons. The van der Waals surface area contributed by atoms with Crippen molar-refractivity contribution in [2.45, 2.75) is 32.6 Å². The van der Waals surface area contributed by atoms with Crippen LogP contribution in [0.1, 0.15) is 31.4 Å². The first kappa shape index (κ1) is 12.2. The fourth-order valence-electron chi connectivity index (χ4n) is 3.23. The van der Waals surface area contributed by atoms with Crippen LogP contribution in [0, 0.1) is 12.3 Å². The number of benzene rings is 2. The van der Waals surface area contributed by atoms with Crippen molar-refractivity contribution in [2.24, 2.45) is 5.41 Å². The largest absolute Gasteiger partial charge is 0.481 e. The first-order valence-corrected chi connectivity index (χ1v) is 6.61. The summed E-state index contributed by atoms with van der Waals surface area (Å²) in [4.78, 5) is 11.7. The van der Waals surface area contributed by atoms with E-state index in [4.69, 9.17) is 0 Å². The van der Waals surface area contributed by atoms with E-state index in [0.29, 0.717) is 6.42 Å². The average molecular weight is 254 g/mol. The molecule has 0 amide bonds. The smallest absolute Gasteiger partial charge is 0.314 e. The van der Waals surface area contributed by atoms with Gasteiger partial charge in [0, 0.05) is 0 Å². The van der Waals surface area contributed by atoms with Gasteiger partial charge in [-0.25, -0.2) is 0 Å². The van der Waals surface area contributed by atoms with Crippen LogP contribution in [0.3, 0.4) is 0 Å². The topological polar surface area (TPSA) is 37.3 Å². The highest BCUT2D eigenvalue weighted by Gasteiger charge is 2.67. The Morgan fingerprint density at radius 1 is 1.11 bits per heavy atom. The number of carbonyl (C=O) groups is 1. The molecule has 0 aromatic heterocycles. The molecule has 0 spiro atoms. The van der Waals surface area contributed by atoms with Crippen LogP contribution in [0.25, 0.3) is 10.8 Å². The van der Waals surface area contributed by atoms with Crippen LogP contribution in [-0.4, -0.2) is 11.1 Å². The quantitative estimate of drug-likeness (QED) is 0.882. The second kappa shape index (κ2) is 3.60. The molecule has 1 N–H and O–H groups in total. The molecular formula is C17H18O2. The van der Waals surface area contributed by atoms with Gasteiger partial charge in [-0.3, -0.25) is 4.79 Å². The van der Waals surface area contributed by atoms with Crippen molar-refractivity contribution >= 4 is 16.7 Å². The third kappa shape index (κ3) is 1.59. The van der Waals surface area contributed by atoms with Crippen molar-refractivity contribution in [3.63, 3.8) is 0 Å². The Kier molecular flexibility index (Phi) is 2.31. The van der Waals surface area contributed by atoms with E-state index < -0.39 is 11.4 Å². The number of hydrogen-bond donors (Lipinski definition) is 1. The predicted molar refractivity (Wildman–Crippen MR) is 76.4 cm³/mol. The maximum Gasteiger partial charge on any atom is 0.314 e. The number of carboxylic acids is 1. The molecule has 1 saturated carbocycles. The summed E-state index contributed by atoms with van der Waals surface area (Å²) in [5, 5.41) is 11.9. The summed E-state index contributed by atoms with van der Waals surface area (Å²) in [6.45, 7) is 6.12. The van der Waals surface area contributed by atoms with Crippen molar-refractivity contribution in [2.75, 3.05) is 0 Å². The number of carboxylic acid groups (broad SMARTS) is 1. The molecule has 1 unspecified atom stereocenters. The third-order valence-electron chi connectivity index (χ3n) is 4.59. The maximum atomic E-state index is 11.7. The second-order valence-corrected chi connectivity index (χ2v) is 6.34. The number of fused-ring (bicyclic) bond motifs is 1. The molecule has 2 heteroatoms. The van der Waals surface area contributed by atoms with Gasteiger partial charge in [0.25, 0.3) is 0 Å². The van der Waals surface area contributed by atoms with Crippen LogP contribution < -0.4 is 0 Å². The Morgan fingerprint density at radius 2 is 1.68 bits per heavy atom. The maximum absolute atomic E-state index is 11.7. The molecule has 0 aliphatic heterocycles. The lowest BCUT2D eigenvalue weighted by Crippen LogP contribution is -2.25. The van der Waals surface area contributed by atoms with Crippen molar-refractivity contribution in [1.29, 1.82) is 0 Å². The molecule has 19 heavy (non-hydrogen) atoms. The molecule has 2 aromatic carbocycles. The van der Waals surface area contributed by atoms with Crippen molar-refractivity contribution in [3.05, 3.63) is 47.5 Å². The molecule has 3 rings (SSSR count). The third-order valence-corrected chi connectivity index (χ3v) is 4.59. The van der Waals surface area contributed by atoms with E-state index in [-0.39, 0.29) is 5.41 Å². The Bertz CT molecular complexity index is 685. The Hall–Kier alpha value is -1.83. The minimum atomic E-state index is -0.705. The molecule has 1 fully saturated rings. The molecule has 1 atom stereocenters. The lowest BCUT2D eigenvalue weighted by atomic mass is 9.86. The Labute approximate surface area is 113 Å². The van der Waals surface area contributed by atoms with E-state index in [1.165, 1.54) is 10.9 Å². The lowest BCUT2D eigenvalue weighted by molar-refractivity contribution is -0.141. The number of rotatable bonds is 2. The lowest BCUT2D eigenvalue weighted by Gasteiger charge is -2.17. The van der Waals surface area contributed by atoms with Gasteiger partial charge in [-0.15, -0.1) is 0 Å². The minimum Gasteiger partial charge on any atom is -0.481 e. The summed E-state index contributed by atoms with van der Waals surface area (Å²) in [6.07, 6.45) is 0.715. The van der Waals surface area contributed by atoms with E-state index in [0.717, 1.165) is 10.9 Å². The molecule has 0 bridgehead atoms. The van der Waals surface area contributed by atoms with Gasteiger partial charge in [-0.2, -0.15) is 0 Å². The highest BCUT2D eigenvalue weighted by Crippen LogP contribution is 2.64. The summed E-state index contributed by atoms with van der Waals surface area (Å²) in [6, 6.07) is 12.3. The van der Waals surface area contributed by atoms with Gasteiger partial charge in [-0.1, -0.05) is 49.7 Å². The van der Waals surface area contributed by atoms with Crippen LogP contribution in [-0.2, 0) is 10.2 Å². The van der Waals surface area contributed by atoms with E-state index in [2.05, 4.69) is 25.1 Å². The van der Waals surface area contributed by atoms with Gasteiger partial charge in [-0.05, 0) is 41.2 Å². The molecule has 98 valence electrons. The Balaban J connectivity index is 2.17. The normalized spacial score (nSPS) is 24.4. The average Bonchev–Trinajstić information content (AvgIpc) is 2.93. The minimum absolute atomic E-state index is 0.156. The first-order valence-electron chi connectivity index (χ1n) is 6.61. The fourth-order valence-corrected chi connectivity index (χ4v) is 3.23.